The molecule has 0 spiro atoms. The van der Waals surface area contributed by atoms with E-state index in [9.17, 15) is 9.90 Å². The molecule has 0 radical (unpaired) electrons. The molecule has 0 aliphatic heterocycles. The molecule has 0 saturated carbocycles. The van der Waals surface area contributed by atoms with Gasteiger partial charge in [-0.15, -0.1) is 0 Å². The van der Waals surface area contributed by atoms with Gasteiger partial charge in [0.25, 0.3) is 0 Å². The van der Waals surface area contributed by atoms with E-state index in [-0.39, 0.29) is 0 Å². The minimum absolute atomic E-state index is 0.544. The summed E-state index contributed by atoms with van der Waals surface area (Å²) in [5.41, 5.74) is 2.92. The van der Waals surface area contributed by atoms with Gasteiger partial charge in [-0.3, -0.25) is 4.40 Å². The Hall–Kier alpha value is -2.59. The van der Waals surface area contributed by atoms with E-state index < -0.39 is 5.97 Å². The molecule has 2 aromatic heterocycles. The number of rotatable bonds is 3. The fraction of sp³-hybridized carbons (Fsp3) is 0. The molecule has 0 aliphatic carbocycles. The predicted molar refractivity (Wildman–Crippen MR) is 79.7 cm³/mol. The van der Waals surface area contributed by atoms with Gasteiger partial charge < -0.3 is 9.90 Å². The molecule has 3 aromatic rings. The zero-order valence-corrected chi connectivity index (χ0v) is 11.6. The molecular formula is C16H10ClN2O2-. The van der Waals surface area contributed by atoms with E-state index in [1.807, 2.05) is 30.3 Å². The predicted octanol–water partition coefficient (Wildman–Crippen LogP) is 2.42. The van der Waals surface area contributed by atoms with Crippen LogP contribution in [0, 0.1) is 0 Å². The molecule has 0 atom stereocenters. The summed E-state index contributed by atoms with van der Waals surface area (Å²) >= 11 is 6.01. The van der Waals surface area contributed by atoms with Gasteiger partial charge in [0.05, 0.1) is 22.4 Å². The van der Waals surface area contributed by atoms with Gasteiger partial charge in [0, 0.05) is 11.8 Å². The van der Waals surface area contributed by atoms with Crippen LogP contribution in [0.4, 0.5) is 0 Å². The minimum atomic E-state index is -1.26. The molecule has 3 rings (SSSR count). The summed E-state index contributed by atoms with van der Waals surface area (Å²) in [5, 5.41) is 11.2. The summed E-state index contributed by atoms with van der Waals surface area (Å²) in [5.74, 6) is -1.26. The SMILES string of the molecule is O=C([O-])/C=C/c1c(-c2ccccc2)nc2ccc(Cl)cn12. The molecule has 2 heterocycles. The fourth-order valence-corrected chi connectivity index (χ4v) is 2.31. The highest BCUT2D eigenvalue weighted by molar-refractivity contribution is 6.30. The van der Waals surface area contributed by atoms with Crippen LogP contribution in [0.25, 0.3) is 23.0 Å². The second-order valence-electron chi connectivity index (χ2n) is 4.44. The van der Waals surface area contributed by atoms with Crippen molar-refractivity contribution >= 4 is 29.3 Å². The second kappa shape index (κ2) is 5.42. The van der Waals surface area contributed by atoms with E-state index in [0.717, 1.165) is 11.6 Å². The maximum absolute atomic E-state index is 10.7. The smallest absolute Gasteiger partial charge is 0.138 e. The van der Waals surface area contributed by atoms with Crippen molar-refractivity contribution in [3.63, 3.8) is 0 Å². The van der Waals surface area contributed by atoms with Crippen LogP contribution in [-0.4, -0.2) is 15.4 Å². The van der Waals surface area contributed by atoms with E-state index in [2.05, 4.69) is 4.98 Å². The number of benzene rings is 1. The molecule has 0 bridgehead atoms. The molecule has 21 heavy (non-hydrogen) atoms. The van der Waals surface area contributed by atoms with Gasteiger partial charge in [-0.2, -0.15) is 0 Å². The van der Waals surface area contributed by atoms with E-state index >= 15 is 0 Å². The van der Waals surface area contributed by atoms with Gasteiger partial charge in [-0.05, 0) is 24.3 Å². The number of hydrogen-bond acceptors (Lipinski definition) is 3. The minimum Gasteiger partial charge on any atom is -0.545 e. The van der Waals surface area contributed by atoms with Crippen LogP contribution in [0.2, 0.25) is 5.02 Å². The molecule has 0 fully saturated rings. The number of hydrogen-bond donors (Lipinski definition) is 0. The van der Waals surface area contributed by atoms with Crippen molar-refractivity contribution in [3.8, 4) is 11.3 Å². The van der Waals surface area contributed by atoms with Crippen molar-refractivity contribution in [3.05, 3.63) is 65.5 Å². The standard InChI is InChI=1S/C16H11ClN2O2/c17-12-6-8-14-18-16(11-4-2-1-3-5-11)13(19(14)10-12)7-9-15(20)21/h1-10H,(H,20,21)/p-1/b9-7+. The molecule has 0 aliphatic rings. The molecule has 0 saturated heterocycles. The lowest BCUT2D eigenvalue weighted by atomic mass is 10.1. The second-order valence-corrected chi connectivity index (χ2v) is 4.88. The number of nitrogens with zero attached hydrogens (tertiary/aromatic N) is 2. The average Bonchev–Trinajstić information content (AvgIpc) is 2.84. The zero-order chi connectivity index (χ0) is 14.8. The Labute approximate surface area is 125 Å². The van der Waals surface area contributed by atoms with Gasteiger partial charge in [-0.1, -0.05) is 41.9 Å². The molecule has 4 nitrogen and oxygen atoms in total. The molecule has 104 valence electrons. The van der Waals surface area contributed by atoms with Gasteiger partial charge in [0.2, 0.25) is 0 Å². The summed E-state index contributed by atoms with van der Waals surface area (Å²) in [7, 11) is 0. The normalized spacial score (nSPS) is 11.3. The van der Waals surface area contributed by atoms with E-state index in [4.69, 9.17) is 11.6 Å². The summed E-state index contributed by atoms with van der Waals surface area (Å²) < 4.78 is 1.75. The average molecular weight is 298 g/mol. The van der Waals surface area contributed by atoms with Crippen LogP contribution in [0.1, 0.15) is 5.69 Å². The first kappa shape index (κ1) is 13.4. The largest absolute Gasteiger partial charge is 0.545 e. The number of aliphatic carboxylic acids is 1. The number of carboxylic acids is 1. The highest BCUT2D eigenvalue weighted by Crippen LogP contribution is 2.26. The number of imidazole rings is 1. The van der Waals surface area contributed by atoms with Crippen molar-refractivity contribution in [1.29, 1.82) is 0 Å². The first-order valence-electron chi connectivity index (χ1n) is 6.27. The lowest BCUT2D eigenvalue weighted by Crippen LogP contribution is -2.18. The monoisotopic (exact) mass is 297 g/mol. The summed E-state index contributed by atoms with van der Waals surface area (Å²) in [6, 6.07) is 13.1. The van der Waals surface area contributed by atoms with Crippen LogP contribution in [0.3, 0.4) is 0 Å². The Morgan fingerprint density at radius 3 is 2.67 bits per heavy atom. The van der Waals surface area contributed by atoms with Crippen molar-refractivity contribution in [1.82, 2.24) is 9.38 Å². The highest BCUT2D eigenvalue weighted by atomic mass is 35.5. The van der Waals surface area contributed by atoms with Gasteiger partial charge in [0.15, 0.2) is 0 Å². The van der Waals surface area contributed by atoms with Crippen molar-refractivity contribution < 1.29 is 9.90 Å². The van der Waals surface area contributed by atoms with Crippen molar-refractivity contribution in [2.24, 2.45) is 0 Å². The first-order chi connectivity index (χ1) is 10.1. The number of fused-ring (bicyclic) bond motifs is 1. The fourth-order valence-electron chi connectivity index (χ4n) is 2.15. The summed E-state index contributed by atoms with van der Waals surface area (Å²) in [6.07, 6.45) is 4.15. The molecule has 0 unspecified atom stereocenters. The van der Waals surface area contributed by atoms with Crippen LogP contribution in [0.15, 0.2) is 54.7 Å². The Kier molecular flexibility index (Phi) is 3.46. The molecule has 5 heteroatoms. The zero-order valence-electron chi connectivity index (χ0n) is 10.9. The summed E-state index contributed by atoms with van der Waals surface area (Å²) in [4.78, 5) is 15.2. The van der Waals surface area contributed by atoms with Gasteiger partial charge in [0.1, 0.15) is 5.65 Å². The maximum atomic E-state index is 10.7. The molecule has 1 aromatic carbocycles. The van der Waals surface area contributed by atoms with Crippen molar-refractivity contribution in [2.45, 2.75) is 0 Å². The van der Waals surface area contributed by atoms with Crippen LogP contribution in [-0.2, 0) is 4.79 Å². The third-order valence-corrected chi connectivity index (χ3v) is 3.27. The number of aromatic nitrogens is 2. The number of carboxylic acid groups (broad SMARTS) is 1. The molecule has 0 N–H and O–H groups in total. The quantitative estimate of drug-likeness (QED) is 0.698. The third kappa shape index (κ3) is 2.66. The number of halogens is 1. The summed E-state index contributed by atoms with van der Waals surface area (Å²) in [6.45, 7) is 0. The van der Waals surface area contributed by atoms with Gasteiger partial charge in [-0.25, -0.2) is 4.98 Å². The Morgan fingerprint density at radius 2 is 1.95 bits per heavy atom. The topological polar surface area (TPSA) is 57.4 Å². The lowest BCUT2D eigenvalue weighted by molar-refractivity contribution is -0.297. The Balaban J connectivity index is 2.28. The molecular weight excluding hydrogens is 288 g/mol. The lowest BCUT2D eigenvalue weighted by Gasteiger charge is -2.01. The maximum Gasteiger partial charge on any atom is 0.138 e. The number of pyridine rings is 1. The first-order valence-corrected chi connectivity index (χ1v) is 6.65. The Bertz CT molecular complexity index is 838. The van der Waals surface area contributed by atoms with Crippen LogP contribution >= 0.6 is 11.6 Å². The van der Waals surface area contributed by atoms with E-state index in [1.54, 1.807) is 22.7 Å². The van der Waals surface area contributed by atoms with E-state index in [0.29, 0.717) is 22.1 Å². The van der Waals surface area contributed by atoms with E-state index in [1.165, 1.54) is 6.08 Å². The van der Waals surface area contributed by atoms with Crippen LogP contribution in [0.5, 0.6) is 0 Å². The van der Waals surface area contributed by atoms with Gasteiger partial charge >= 0.3 is 0 Å². The third-order valence-electron chi connectivity index (χ3n) is 3.04. The number of carbonyl (C=O) groups is 1. The Morgan fingerprint density at radius 1 is 1.19 bits per heavy atom. The van der Waals surface area contributed by atoms with Crippen LogP contribution < -0.4 is 5.11 Å². The van der Waals surface area contributed by atoms with Crippen molar-refractivity contribution in [2.75, 3.05) is 0 Å². The number of carbonyl (C=O) groups excluding carboxylic acids is 1. The highest BCUT2D eigenvalue weighted by Gasteiger charge is 2.11. The molecule has 0 amide bonds.